The molecule has 0 spiro atoms. The Kier molecular flexibility index (Phi) is 4.38. The van der Waals surface area contributed by atoms with Crippen molar-refractivity contribution in [3.63, 3.8) is 0 Å². The highest BCUT2D eigenvalue weighted by molar-refractivity contribution is 5.18. The largest absolute Gasteiger partial charge is 0.329 e. The molecule has 0 radical (unpaired) electrons. The second-order valence-electron chi connectivity index (χ2n) is 5.65. The summed E-state index contributed by atoms with van der Waals surface area (Å²) in [5.74, 6) is 0. The smallest absolute Gasteiger partial charge is 0.0344 e. The molecule has 0 aromatic heterocycles. The summed E-state index contributed by atoms with van der Waals surface area (Å²) in [4.78, 5) is 4.94. The fraction of sp³-hybridized carbons (Fsp3) is 0.600. The Labute approximate surface area is 111 Å². The van der Waals surface area contributed by atoms with Crippen molar-refractivity contribution in [3.8, 4) is 0 Å². The Morgan fingerprint density at radius 2 is 1.72 bits per heavy atom. The van der Waals surface area contributed by atoms with Crippen molar-refractivity contribution in [1.29, 1.82) is 0 Å². The first kappa shape index (κ1) is 13.5. The first-order chi connectivity index (χ1) is 8.64. The third-order valence-corrected chi connectivity index (χ3v) is 4.13. The number of rotatable bonds is 4. The summed E-state index contributed by atoms with van der Waals surface area (Å²) in [5, 5.41) is 0. The molecule has 0 aliphatic carbocycles. The quantitative estimate of drug-likeness (QED) is 0.867. The zero-order chi connectivity index (χ0) is 13.0. The van der Waals surface area contributed by atoms with Crippen LogP contribution in [0.3, 0.4) is 0 Å². The summed E-state index contributed by atoms with van der Waals surface area (Å²) in [7, 11) is 2.19. The summed E-state index contributed by atoms with van der Waals surface area (Å²) >= 11 is 0. The number of hydrogen-bond acceptors (Lipinski definition) is 3. The third kappa shape index (κ3) is 3.10. The molecule has 1 unspecified atom stereocenters. The first-order valence-corrected chi connectivity index (χ1v) is 6.82. The van der Waals surface area contributed by atoms with Gasteiger partial charge in [0.15, 0.2) is 0 Å². The Morgan fingerprint density at radius 1 is 1.11 bits per heavy atom. The van der Waals surface area contributed by atoms with E-state index in [0.29, 0.717) is 6.54 Å². The van der Waals surface area contributed by atoms with Crippen LogP contribution in [-0.2, 0) is 6.42 Å². The second-order valence-corrected chi connectivity index (χ2v) is 5.65. The van der Waals surface area contributed by atoms with E-state index < -0.39 is 0 Å². The lowest BCUT2D eigenvalue weighted by atomic mass is 9.90. The van der Waals surface area contributed by atoms with Gasteiger partial charge < -0.3 is 10.6 Å². The predicted molar refractivity (Wildman–Crippen MR) is 76.7 cm³/mol. The SMILES string of the molecule is CN1CCN(C(C)(CN)Cc2ccccc2)CC1. The van der Waals surface area contributed by atoms with E-state index in [1.54, 1.807) is 0 Å². The van der Waals surface area contributed by atoms with Gasteiger partial charge in [-0.3, -0.25) is 4.90 Å². The number of likely N-dealkylation sites (N-methyl/N-ethyl adjacent to an activating group) is 1. The van der Waals surface area contributed by atoms with Crippen molar-refractivity contribution in [3.05, 3.63) is 35.9 Å². The van der Waals surface area contributed by atoms with Crippen LogP contribution in [0.2, 0.25) is 0 Å². The minimum Gasteiger partial charge on any atom is -0.329 e. The van der Waals surface area contributed by atoms with Crippen LogP contribution in [0.5, 0.6) is 0 Å². The Morgan fingerprint density at radius 3 is 2.28 bits per heavy atom. The second kappa shape index (κ2) is 5.83. The number of benzene rings is 1. The Balaban J connectivity index is 2.05. The molecule has 0 saturated carbocycles. The van der Waals surface area contributed by atoms with E-state index in [4.69, 9.17) is 5.73 Å². The minimum absolute atomic E-state index is 0.0859. The highest BCUT2D eigenvalue weighted by Crippen LogP contribution is 2.21. The lowest BCUT2D eigenvalue weighted by molar-refractivity contribution is 0.0560. The van der Waals surface area contributed by atoms with Gasteiger partial charge in [-0.15, -0.1) is 0 Å². The number of piperazine rings is 1. The molecule has 3 heteroatoms. The van der Waals surface area contributed by atoms with Gasteiger partial charge in [-0.25, -0.2) is 0 Å². The average molecular weight is 247 g/mol. The van der Waals surface area contributed by atoms with Crippen molar-refractivity contribution in [2.75, 3.05) is 39.8 Å². The molecule has 1 heterocycles. The van der Waals surface area contributed by atoms with Crippen molar-refractivity contribution in [2.45, 2.75) is 18.9 Å². The van der Waals surface area contributed by atoms with E-state index in [9.17, 15) is 0 Å². The van der Waals surface area contributed by atoms with Gasteiger partial charge in [-0.05, 0) is 26.0 Å². The molecule has 1 aromatic carbocycles. The minimum atomic E-state index is 0.0859. The van der Waals surface area contributed by atoms with Crippen LogP contribution in [0.15, 0.2) is 30.3 Å². The number of hydrogen-bond donors (Lipinski definition) is 1. The first-order valence-electron chi connectivity index (χ1n) is 6.82. The van der Waals surface area contributed by atoms with Crippen molar-refractivity contribution in [1.82, 2.24) is 9.80 Å². The van der Waals surface area contributed by atoms with Crippen LogP contribution in [0, 0.1) is 0 Å². The summed E-state index contributed by atoms with van der Waals surface area (Å²) < 4.78 is 0. The van der Waals surface area contributed by atoms with Gasteiger partial charge in [-0.1, -0.05) is 30.3 Å². The highest BCUT2D eigenvalue weighted by Gasteiger charge is 2.32. The van der Waals surface area contributed by atoms with Gasteiger partial charge in [0, 0.05) is 38.3 Å². The third-order valence-electron chi connectivity index (χ3n) is 4.13. The fourth-order valence-corrected chi connectivity index (χ4v) is 2.69. The van der Waals surface area contributed by atoms with E-state index in [-0.39, 0.29) is 5.54 Å². The van der Waals surface area contributed by atoms with Gasteiger partial charge in [-0.2, -0.15) is 0 Å². The topological polar surface area (TPSA) is 32.5 Å². The summed E-state index contributed by atoms with van der Waals surface area (Å²) in [6, 6.07) is 10.7. The molecule has 1 atom stereocenters. The average Bonchev–Trinajstić information content (AvgIpc) is 2.40. The standard InChI is InChI=1S/C15H25N3/c1-15(13-16,12-14-6-4-3-5-7-14)18-10-8-17(2)9-11-18/h3-7H,8-13,16H2,1-2H3. The molecular weight excluding hydrogens is 222 g/mol. The molecule has 18 heavy (non-hydrogen) atoms. The van der Waals surface area contributed by atoms with E-state index in [1.165, 1.54) is 5.56 Å². The van der Waals surface area contributed by atoms with Crippen LogP contribution in [0.1, 0.15) is 12.5 Å². The van der Waals surface area contributed by atoms with Crippen molar-refractivity contribution < 1.29 is 0 Å². The van der Waals surface area contributed by atoms with Gasteiger partial charge >= 0.3 is 0 Å². The Bertz CT molecular complexity index is 357. The summed E-state index contributed by atoms with van der Waals surface area (Å²) in [5.41, 5.74) is 7.53. The van der Waals surface area contributed by atoms with Crippen LogP contribution < -0.4 is 5.73 Å². The van der Waals surface area contributed by atoms with Crippen LogP contribution >= 0.6 is 0 Å². The van der Waals surface area contributed by atoms with Gasteiger partial charge in [0.25, 0.3) is 0 Å². The van der Waals surface area contributed by atoms with Crippen LogP contribution in [0.4, 0.5) is 0 Å². The number of nitrogens with two attached hydrogens (primary N) is 1. The number of nitrogens with zero attached hydrogens (tertiary/aromatic N) is 2. The Hall–Kier alpha value is -0.900. The fourth-order valence-electron chi connectivity index (χ4n) is 2.69. The van der Waals surface area contributed by atoms with Crippen molar-refractivity contribution >= 4 is 0 Å². The molecule has 3 nitrogen and oxygen atoms in total. The zero-order valence-electron chi connectivity index (χ0n) is 11.6. The molecule has 2 N–H and O–H groups in total. The predicted octanol–water partition coefficient (Wildman–Crippen LogP) is 1.19. The maximum absolute atomic E-state index is 6.07. The summed E-state index contributed by atoms with van der Waals surface area (Å²) in [6.07, 6.45) is 1.04. The molecule has 100 valence electrons. The zero-order valence-corrected chi connectivity index (χ0v) is 11.6. The summed E-state index contributed by atoms with van der Waals surface area (Å²) in [6.45, 7) is 7.54. The molecule has 1 aromatic rings. The molecule has 1 fully saturated rings. The lowest BCUT2D eigenvalue weighted by Crippen LogP contribution is -2.59. The van der Waals surface area contributed by atoms with Gasteiger partial charge in [0.1, 0.15) is 0 Å². The van der Waals surface area contributed by atoms with Crippen molar-refractivity contribution in [2.24, 2.45) is 5.73 Å². The van der Waals surface area contributed by atoms with Gasteiger partial charge in [0.2, 0.25) is 0 Å². The van der Waals surface area contributed by atoms with Crippen LogP contribution in [0.25, 0.3) is 0 Å². The molecular formula is C15H25N3. The molecule has 1 aliphatic heterocycles. The van der Waals surface area contributed by atoms with E-state index in [1.807, 2.05) is 0 Å². The van der Waals surface area contributed by atoms with E-state index in [0.717, 1.165) is 32.6 Å². The van der Waals surface area contributed by atoms with E-state index in [2.05, 4.69) is 54.1 Å². The molecule has 0 bridgehead atoms. The monoisotopic (exact) mass is 247 g/mol. The van der Waals surface area contributed by atoms with E-state index >= 15 is 0 Å². The van der Waals surface area contributed by atoms with Gasteiger partial charge in [0.05, 0.1) is 0 Å². The normalized spacial score (nSPS) is 21.7. The molecule has 2 rings (SSSR count). The maximum atomic E-state index is 6.07. The molecule has 1 saturated heterocycles. The maximum Gasteiger partial charge on any atom is 0.0344 e. The molecule has 0 amide bonds. The lowest BCUT2D eigenvalue weighted by Gasteiger charge is -2.45. The molecule has 1 aliphatic rings. The van der Waals surface area contributed by atoms with Crippen LogP contribution in [-0.4, -0.2) is 55.1 Å². The highest BCUT2D eigenvalue weighted by atomic mass is 15.3.